The van der Waals surface area contributed by atoms with Crippen LogP contribution >= 0.6 is 0 Å². The molecule has 3 nitrogen and oxygen atoms in total. The highest BCUT2D eigenvalue weighted by Crippen LogP contribution is 2.31. The third kappa shape index (κ3) is 2.64. The van der Waals surface area contributed by atoms with Crippen molar-refractivity contribution in [2.24, 2.45) is 5.73 Å². The summed E-state index contributed by atoms with van der Waals surface area (Å²) in [6, 6.07) is 4.57. The van der Waals surface area contributed by atoms with Crippen LogP contribution in [-0.2, 0) is 11.0 Å². The smallest absolute Gasteiger partial charge is 0.355 e. The summed E-state index contributed by atoms with van der Waals surface area (Å²) < 4.78 is 37.2. The van der Waals surface area contributed by atoms with Crippen LogP contribution in [0.3, 0.4) is 0 Å². The number of carbonyl (C=O) groups excluding carboxylic acids is 1. The molecule has 1 aliphatic heterocycles. The van der Waals surface area contributed by atoms with Gasteiger partial charge in [-0.1, -0.05) is 12.1 Å². The first-order valence-electron chi connectivity index (χ1n) is 5.57. The molecule has 0 aromatic heterocycles. The Labute approximate surface area is 102 Å². The molecule has 0 aliphatic carbocycles. The lowest BCUT2D eigenvalue weighted by atomic mass is 9.87. The molecule has 0 saturated carbocycles. The van der Waals surface area contributed by atoms with Gasteiger partial charge in [0.2, 0.25) is 5.91 Å². The molecule has 2 atom stereocenters. The zero-order valence-corrected chi connectivity index (χ0v) is 9.50. The van der Waals surface area contributed by atoms with Gasteiger partial charge in [-0.2, -0.15) is 13.2 Å². The van der Waals surface area contributed by atoms with Crippen molar-refractivity contribution < 1.29 is 18.0 Å². The topological polar surface area (TPSA) is 55.1 Å². The van der Waals surface area contributed by atoms with Crippen LogP contribution in [0, 0.1) is 0 Å². The number of carbonyl (C=O) groups is 1. The summed E-state index contributed by atoms with van der Waals surface area (Å²) in [6.07, 6.45) is -4.13. The van der Waals surface area contributed by atoms with Crippen molar-refractivity contribution in [1.29, 1.82) is 0 Å². The van der Waals surface area contributed by atoms with E-state index in [-0.39, 0.29) is 24.3 Å². The quantitative estimate of drug-likeness (QED) is 0.804. The van der Waals surface area contributed by atoms with Gasteiger partial charge in [-0.25, -0.2) is 0 Å². The summed E-state index contributed by atoms with van der Waals surface area (Å²) in [7, 11) is 0. The lowest BCUT2D eigenvalue weighted by molar-refractivity contribution is -0.137. The number of benzene rings is 1. The number of amides is 1. The first-order chi connectivity index (χ1) is 8.38. The van der Waals surface area contributed by atoms with Gasteiger partial charge in [0.25, 0.3) is 0 Å². The fourth-order valence-corrected chi connectivity index (χ4v) is 2.09. The molecule has 2 rings (SSSR count). The number of nitrogens with two attached hydrogens (primary N) is 1. The number of hydrogen-bond donors (Lipinski definition) is 2. The molecular formula is C12H13F3N2O. The van der Waals surface area contributed by atoms with E-state index < -0.39 is 11.7 Å². The van der Waals surface area contributed by atoms with Crippen LogP contribution in [0.2, 0.25) is 0 Å². The van der Waals surface area contributed by atoms with Crippen LogP contribution in [0.15, 0.2) is 24.3 Å². The average molecular weight is 258 g/mol. The Kier molecular flexibility index (Phi) is 3.30. The van der Waals surface area contributed by atoms with E-state index in [4.69, 9.17) is 5.73 Å². The number of hydrogen-bond acceptors (Lipinski definition) is 2. The first kappa shape index (κ1) is 12.9. The molecule has 1 heterocycles. The number of halogens is 3. The lowest BCUT2D eigenvalue weighted by Crippen LogP contribution is -2.46. The second-order valence-corrected chi connectivity index (χ2v) is 4.40. The van der Waals surface area contributed by atoms with E-state index in [2.05, 4.69) is 5.32 Å². The predicted octanol–water partition coefficient (Wildman–Crippen LogP) is 1.64. The van der Waals surface area contributed by atoms with Crippen molar-refractivity contribution in [1.82, 2.24) is 5.32 Å². The highest BCUT2D eigenvalue weighted by molar-refractivity contribution is 5.77. The number of nitrogens with one attached hydrogen (secondary N) is 1. The highest BCUT2D eigenvalue weighted by Gasteiger charge is 2.31. The van der Waals surface area contributed by atoms with E-state index in [1.165, 1.54) is 12.1 Å². The Morgan fingerprint density at radius 3 is 2.33 bits per heavy atom. The van der Waals surface area contributed by atoms with Gasteiger partial charge in [-0.3, -0.25) is 4.79 Å². The van der Waals surface area contributed by atoms with Crippen LogP contribution in [0.1, 0.15) is 23.5 Å². The van der Waals surface area contributed by atoms with Gasteiger partial charge in [0.15, 0.2) is 0 Å². The summed E-state index contributed by atoms with van der Waals surface area (Å²) in [5, 5.41) is 2.66. The summed E-state index contributed by atoms with van der Waals surface area (Å²) >= 11 is 0. The van der Waals surface area contributed by atoms with Crippen molar-refractivity contribution in [2.45, 2.75) is 24.6 Å². The molecule has 0 spiro atoms. The van der Waals surface area contributed by atoms with Crippen LogP contribution in [0.4, 0.5) is 13.2 Å². The SMILES string of the molecule is NC1CC(=O)NCC1c1ccc(C(F)(F)F)cc1. The van der Waals surface area contributed by atoms with Gasteiger partial charge in [0.1, 0.15) is 0 Å². The normalized spacial score (nSPS) is 24.8. The molecule has 1 fully saturated rings. The zero-order valence-electron chi connectivity index (χ0n) is 9.50. The van der Waals surface area contributed by atoms with E-state index in [0.717, 1.165) is 17.7 Å². The molecule has 1 aliphatic rings. The Morgan fingerprint density at radius 2 is 1.83 bits per heavy atom. The van der Waals surface area contributed by atoms with Crippen molar-refractivity contribution in [3.8, 4) is 0 Å². The average Bonchev–Trinajstić information content (AvgIpc) is 2.28. The Morgan fingerprint density at radius 1 is 1.22 bits per heavy atom. The minimum atomic E-state index is -4.33. The van der Waals surface area contributed by atoms with Crippen molar-refractivity contribution in [2.75, 3.05) is 6.54 Å². The second kappa shape index (κ2) is 4.61. The molecule has 1 saturated heterocycles. The maximum atomic E-state index is 12.4. The van der Waals surface area contributed by atoms with E-state index in [0.29, 0.717) is 6.54 Å². The van der Waals surface area contributed by atoms with Gasteiger partial charge in [-0.05, 0) is 17.7 Å². The third-order valence-electron chi connectivity index (χ3n) is 3.12. The molecule has 3 N–H and O–H groups in total. The number of alkyl halides is 3. The monoisotopic (exact) mass is 258 g/mol. The summed E-state index contributed by atoms with van der Waals surface area (Å²) in [4.78, 5) is 11.1. The summed E-state index contributed by atoms with van der Waals surface area (Å²) in [5.74, 6) is -0.254. The Balaban J connectivity index is 2.17. The van der Waals surface area contributed by atoms with Crippen LogP contribution in [-0.4, -0.2) is 18.5 Å². The first-order valence-corrected chi connectivity index (χ1v) is 5.57. The lowest BCUT2D eigenvalue weighted by Gasteiger charge is -2.29. The molecule has 0 radical (unpaired) electrons. The van der Waals surface area contributed by atoms with Crippen LogP contribution in [0.5, 0.6) is 0 Å². The van der Waals surface area contributed by atoms with E-state index in [1.54, 1.807) is 0 Å². The minimum Gasteiger partial charge on any atom is -0.355 e. The maximum Gasteiger partial charge on any atom is 0.416 e. The van der Waals surface area contributed by atoms with Gasteiger partial charge >= 0.3 is 6.18 Å². The van der Waals surface area contributed by atoms with E-state index >= 15 is 0 Å². The molecule has 98 valence electrons. The summed E-state index contributed by atoms with van der Waals surface area (Å²) in [5.41, 5.74) is 5.88. The fourth-order valence-electron chi connectivity index (χ4n) is 2.09. The van der Waals surface area contributed by atoms with E-state index in [9.17, 15) is 18.0 Å². The van der Waals surface area contributed by atoms with Gasteiger partial charge < -0.3 is 11.1 Å². The predicted molar refractivity (Wildman–Crippen MR) is 59.8 cm³/mol. The van der Waals surface area contributed by atoms with E-state index in [1.807, 2.05) is 0 Å². The van der Waals surface area contributed by atoms with Crippen LogP contribution in [0.25, 0.3) is 0 Å². The largest absolute Gasteiger partial charge is 0.416 e. The fraction of sp³-hybridized carbons (Fsp3) is 0.417. The second-order valence-electron chi connectivity index (χ2n) is 4.40. The van der Waals surface area contributed by atoms with Crippen LogP contribution < -0.4 is 11.1 Å². The van der Waals surface area contributed by atoms with Gasteiger partial charge in [0.05, 0.1) is 5.56 Å². The zero-order chi connectivity index (χ0) is 13.3. The molecule has 2 unspecified atom stereocenters. The van der Waals surface area contributed by atoms with Crippen molar-refractivity contribution in [3.63, 3.8) is 0 Å². The van der Waals surface area contributed by atoms with Crippen molar-refractivity contribution in [3.05, 3.63) is 35.4 Å². The number of rotatable bonds is 1. The molecule has 1 amide bonds. The summed E-state index contributed by atoms with van der Waals surface area (Å²) in [6.45, 7) is 0.366. The molecule has 6 heteroatoms. The standard InChI is InChI=1S/C12H13F3N2O/c13-12(14,15)8-3-1-7(2-4-8)9-6-17-11(18)5-10(9)16/h1-4,9-10H,5-6,16H2,(H,17,18). The molecule has 0 bridgehead atoms. The molecule has 1 aromatic carbocycles. The molecular weight excluding hydrogens is 245 g/mol. The highest BCUT2D eigenvalue weighted by atomic mass is 19.4. The Hall–Kier alpha value is -1.56. The molecule has 18 heavy (non-hydrogen) atoms. The molecule has 1 aromatic rings. The Bertz CT molecular complexity index is 442. The maximum absolute atomic E-state index is 12.4. The minimum absolute atomic E-state index is 0.120. The third-order valence-corrected chi connectivity index (χ3v) is 3.12. The van der Waals surface area contributed by atoms with Gasteiger partial charge in [0, 0.05) is 24.9 Å². The number of piperidine rings is 1. The van der Waals surface area contributed by atoms with Crippen molar-refractivity contribution >= 4 is 5.91 Å². The van der Waals surface area contributed by atoms with Gasteiger partial charge in [-0.15, -0.1) is 0 Å².